The maximum Gasteiger partial charge on any atom is 0.243 e. The molecule has 7 nitrogen and oxygen atoms in total. The number of rotatable bonds is 8. The van der Waals surface area contributed by atoms with Crippen molar-refractivity contribution < 1.29 is 9.47 Å². The second kappa shape index (κ2) is 9.54. The number of benzene rings is 2. The summed E-state index contributed by atoms with van der Waals surface area (Å²) in [5, 5.41) is 11.7. The van der Waals surface area contributed by atoms with Gasteiger partial charge in [0, 0.05) is 19.6 Å². The number of anilines is 1. The Morgan fingerprint density at radius 2 is 1.80 bits per heavy atom. The van der Waals surface area contributed by atoms with E-state index in [2.05, 4.69) is 55.7 Å². The van der Waals surface area contributed by atoms with E-state index in [0.29, 0.717) is 29.1 Å². The largest absolute Gasteiger partial charge is 0.496 e. The van der Waals surface area contributed by atoms with Gasteiger partial charge in [0.2, 0.25) is 5.95 Å². The van der Waals surface area contributed by atoms with Crippen molar-refractivity contribution in [2.24, 2.45) is 5.92 Å². The summed E-state index contributed by atoms with van der Waals surface area (Å²) in [6.45, 7) is 3.99. The summed E-state index contributed by atoms with van der Waals surface area (Å²) < 4.78 is 11.0. The third-order valence-electron chi connectivity index (χ3n) is 5.41. The highest BCUT2D eigenvalue weighted by Gasteiger charge is 2.23. The Bertz CT molecular complexity index is 945. The number of methoxy groups -OCH3 is 2. The fourth-order valence-corrected chi connectivity index (χ4v) is 3.90. The Morgan fingerprint density at radius 3 is 2.53 bits per heavy atom. The molecule has 0 amide bonds. The normalized spacial score (nSPS) is 16.4. The first-order valence-corrected chi connectivity index (χ1v) is 10.2. The molecule has 1 aliphatic heterocycles. The van der Waals surface area contributed by atoms with Crippen LogP contribution in [-0.2, 0) is 6.54 Å². The molecule has 0 aliphatic carbocycles. The van der Waals surface area contributed by atoms with Crippen LogP contribution in [-0.4, -0.2) is 53.9 Å². The van der Waals surface area contributed by atoms with E-state index < -0.39 is 0 Å². The van der Waals surface area contributed by atoms with Crippen LogP contribution in [0.2, 0.25) is 0 Å². The summed E-state index contributed by atoms with van der Waals surface area (Å²) in [6.07, 6.45) is 2.79. The molecular weight excluding hydrogens is 378 g/mol. The lowest BCUT2D eigenvalue weighted by Gasteiger charge is -2.16. The number of hydrogen-bond acceptors (Lipinski definition) is 7. The standard InChI is InChI=1S/C23H27N5O2/c1-29-20-9-6-10-21(30-2)22(20)19-14-25-27-23(26-19)24-13-18-11-12-28(16-18)15-17-7-4-3-5-8-17/h3-10,14,18H,11-13,15-16H2,1-2H3,(H,24,26,27). The Kier molecular flexibility index (Phi) is 6.39. The molecule has 3 aromatic rings. The van der Waals surface area contributed by atoms with Crippen molar-refractivity contribution in [1.29, 1.82) is 0 Å². The number of nitrogens with zero attached hydrogens (tertiary/aromatic N) is 4. The molecule has 1 fully saturated rings. The third kappa shape index (κ3) is 4.68. The summed E-state index contributed by atoms with van der Waals surface area (Å²) >= 11 is 0. The van der Waals surface area contributed by atoms with Crippen LogP contribution in [0, 0.1) is 5.92 Å². The number of aromatic nitrogens is 3. The van der Waals surface area contributed by atoms with Gasteiger partial charge in [-0.2, -0.15) is 5.10 Å². The highest BCUT2D eigenvalue weighted by atomic mass is 16.5. The lowest BCUT2D eigenvalue weighted by Crippen LogP contribution is -2.23. The van der Waals surface area contributed by atoms with E-state index in [0.717, 1.165) is 38.2 Å². The molecule has 1 aromatic heterocycles. The van der Waals surface area contributed by atoms with Crippen LogP contribution in [0.25, 0.3) is 11.3 Å². The Hall–Kier alpha value is -3.19. The maximum atomic E-state index is 5.49. The topological polar surface area (TPSA) is 72.4 Å². The van der Waals surface area contributed by atoms with Crippen LogP contribution in [0.15, 0.2) is 54.7 Å². The molecule has 0 bridgehead atoms. The van der Waals surface area contributed by atoms with Crippen molar-refractivity contribution in [2.45, 2.75) is 13.0 Å². The van der Waals surface area contributed by atoms with E-state index >= 15 is 0 Å². The smallest absolute Gasteiger partial charge is 0.243 e. The first-order valence-electron chi connectivity index (χ1n) is 10.2. The van der Waals surface area contributed by atoms with Gasteiger partial charge < -0.3 is 14.8 Å². The average Bonchev–Trinajstić information content (AvgIpc) is 3.25. The fourth-order valence-electron chi connectivity index (χ4n) is 3.90. The van der Waals surface area contributed by atoms with Crippen molar-refractivity contribution in [1.82, 2.24) is 20.1 Å². The summed E-state index contributed by atoms with van der Waals surface area (Å²) in [5.74, 6) is 2.45. The average molecular weight is 406 g/mol. The van der Waals surface area contributed by atoms with Crippen molar-refractivity contribution >= 4 is 5.95 Å². The van der Waals surface area contributed by atoms with Crippen molar-refractivity contribution in [3.05, 3.63) is 60.3 Å². The van der Waals surface area contributed by atoms with Gasteiger partial charge >= 0.3 is 0 Å². The summed E-state index contributed by atoms with van der Waals surface area (Å²) in [7, 11) is 3.26. The second-order valence-corrected chi connectivity index (χ2v) is 7.46. The number of nitrogens with one attached hydrogen (secondary N) is 1. The molecule has 30 heavy (non-hydrogen) atoms. The zero-order valence-corrected chi connectivity index (χ0v) is 17.4. The van der Waals surface area contributed by atoms with Gasteiger partial charge in [-0.1, -0.05) is 36.4 Å². The van der Waals surface area contributed by atoms with Crippen molar-refractivity contribution in [3.8, 4) is 22.8 Å². The number of hydrogen-bond donors (Lipinski definition) is 1. The van der Waals surface area contributed by atoms with Gasteiger partial charge in [0.1, 0.15) is 17.2 Å². The molecule has 1 aliphatic rings. The van der Waals surface area contributed by atoms with E-state index in [1.54, 1.807) is 20.4 Å². The molecule has 156 valence electrons. The molecule has 0 radical (unpaired) electrons. The van der Waals surface area contributed by atoms with E-state index in [4.69, 9.17) is 9.47 Å². The van der Waals surface area contributed by atoms with Crippen LogP contribution in [0.5, 0.6) is 11.5 Å². The molecule has 7 heteroatoms. The molecule has 1 unspecified atom stereocenters. The summed E-state index contributed by atoms with van der Waals surface area (Å²) in [4.78, 5) is 7.15. The van der Waals surface area contributed by atoms with Crippen LogP contribution >= 0.6 is 0 Å². The minimum Gasteiger partial charge on any atom is -0.496 e. The molecule has 0 saturated carbocycles. The predicted molar refractivity (Wildman–Crippen MR) is 117 cm³/mol. The van der Waals surface area contributed by atoms with Gasteiger partial charge in [-0.15, -0.1) is 5.10 Å². The Morgan fingerprint density at radius 1 is 1.03 bits per heavy atom. The van der Waals surface area contributed by atoms with Crippen molar-refractivity contribution in [3.63, 3.8) is 0 Å². The molecule has 1 N–H and O–H groups in total. The Labute approximate surface area is 177 Å². The zero-order valence-electron chi connectivity index (χ0n) is 17.4. The van der Waals surface area contributed by atoms with E-state index in [9.17, 15) is 0 Å². The SMILES string of the molecule is COc1cccc(OC)c1-c1cnnc(NCC2CCN(Cc3ccccc3)C2)n1. The summed E-state index contributed by atoms with van der Waals surface area (Å²) in [6, 6.07) is 16.3. The lowest BCUT2D eigenvalue weighted by molar-refractivity contribution is 0.319. The molecule has 2 heterocycles. The van der Waals surface area contributed by atoms with Gasteiger partial charge in [0.15, 0.2) is 0 Å². The van der Waals surface area contributed by atoms with Crippen LogP contribution in [0.3, 0.4) is 0 Å². The van der Waals surface area contributed by atoms with Crippen molar-refractivity contribution in [2.75, 3.05) is 39.2 Å². The minimum atomic E-state index is 0.516. The number of ether oxygens (including phenoxy) is 2. The van der Waals surface area contributed by atoms with Gasteiger partial charge in [-0.05, 0) is 36.6 Å². The summed E-state index contributed by atoms with van der Waals surface area (Å²) in [5.41, 5.74) is 2.80. The maximum absolute atomic E-state index is 5.49. The lowest BCUT2D eigenvalue weighted by atomic mass is 10.1. The molecule has 1 saturated heterocycles. The van der Waals surface area contributed by atoms with Gasteiger partial charge in [0.05, 0.1) is 26.0 Å². The molecule has 4 rings (SSSR count). The first-order chi connectivity index (χ1) is 14.8. The molecule has 1 atom stereocenters. The Balaban J connectivity index is 1.39. The van der Waals surface area contributed by atoms with Crippen LogP contribution in [0.4, 0.5) is 5.95 Å². The predicted octanol–water partition coefficient (Wildman–Crippen LogP) is 3.49. The second-order valence-electron chi connectivity index (χ2n) is 7.46. The van der Waals surface area contributed by atoms with E-state index in [1.165, 1.54) is 5.56 Å². The van der Waals surface area contributed by atoms with E-state index in [-0.39, 0.29) is 0 Å². The number of likely N-dealkylation sites (tertiary alicyclic amines) is 1. The first kappa shape index (κ1) is 20.1. The quantitative estimate of drug-likeness (QED) is 0.615. The highest BCUT2D eigenvalue weighted by Crippen LogP contribution is 2.37. The zero-order chi connectivity index (χ0) is 20.8. The van der Waals surface area contributed by atoms with Gasteiger partial charge in [-0.3, -0.25) is 4.90 Å². The molecule has 2 aromatic carbocycles. The van der Waals surface area contributed by atoms with Gasteiger partial charge in [-0.25, -0.2) is 4.98 Å². The molecule has 0 spiro atoms. The third-order valence-corrected chi connectivity index (χ3v) is 5.41. The fraction of sp³-hybridized carbons (Fsp3) is 0.348. The highest BCUT2D eigenvalue weighted by molar-refractivity contribution is 5.74. The monoisotopic (exact) mass is 405 g/mol. The van der Waals surface area contributed by atoms with E-state index in [1.807, 2.05) is 18.2 Å². The molecular formula is C23H27N5O2. The van der Waals surface area contributed by atoms with Crippen LogP contribution in [0.1, 0.15) is 12.0 Å². The minimum absolute atomic E-state index is 0.516. The van der Waals surface area contributed by atoms with Crippen LogP contribution < -0.4 is 14.8 Å². The van der Waals surface area contributed by atoms with Gasteiger partial charge in [0.25, 0.3) is 0 Å².